The first-order valence-electron chi connectivity index (χ1n) is 7.97. The maximum absolute atomic E-state index is 11.4. The Morgan fingerprint density at radius 2 is 1.75 bits per heavy atom. The van der Waals surface area contributed by atoms with E-state index in [1.807, 2.05) is 6.07 Å². The first-order chi connectivity index (χ1) is 9.76. The van der Waals surface area contributed by atoms with Crippen LogP contribution in [0.4, 0.5) is 0 Å². The molecule has 0 saturated heterocycles. The molecular weight excluding hydrogens is 250 g/mol. The summed E-state index contributed by atoms with van der Waals surface area (Å²) in [6, 6.07) is 2.04. The van der Waals surface area contributed by atoms with Gasteiger partial charge in [-0.05, 0) is 32.6 Å². The van der Waals surface area contributed by atoms with E-state index in [0.717, 1.165) is 19.3 Å². The Balaban J connectivity index is 3.45. The molecule has 0 aliphatic heterocycles. The van der Waals surface area contributed by atoms with Crippen LogP contribution in [0.1, 0.15) is 71.6 Å². The second kappa shape index (κ2) is 14.1. The topological polar surface area (TPSA) is 50.1 Å². The van der Waals surface area contributed by atoms with Crippen molar-refractivity contribution in [2.75, 3.05) is 6.61 Å². The molecule has 1 atom stereocenters. The molecular formula is C17H29NO2. The Labute approximate surface area is 124 Å². The number of nitriles is 1. The van der Waals surface area contributed by atoms with Crippen LogP contribution in [0.15, 0.2) is 12.2 Å². The van der Waals surface area contributed by atoms with E-state index in [1.165, 1.54) is 32.1 Å². The molecule has 114 valence electrons. The van der Waals surface area contributed by atoms with Crippen LogP contribution in [0.3, 0.4) is 0 Å². The van der Waals surface area contributed by atoms with E-state index in [2.05, 4.69) is 19.1 Å². The van der Waals surface area contributed by atoms with Gasteiger partial charge >= 0.3 is 5.97 Å². The van der Waals surface area contributed by atoms with Crippen molar-refractivity contribution in [1.29, 1.82) is 5.26 Å². The summed E-state index contributed by atoms with van der Waals surface area (Å²) < 4.78 is 4.87. The third-order valence-electron chi connectivity index (χ3n) is 3.24. The van der Waals surface area contributed by atoms with Gasteiger partial charge in [-0.1, -0.05) is 51.2 Å². The predicted octanol–water partition coefficient (Wildman–Crippen LogP) is 4.78. The van der Waals surface area contributed by atoms with E-state index in [-0.39, 0.29) is 5.97 Å². The highest BCUT2D eigenvalue weighted by atomic mass is 16.5. The van der Waals surface area contributed by atoms with Crippen molar-refractivity contribution in [3.8, 4) is 6.07 Å². The number of hydrogen-bond donors (Lipinski definition) is 0. The zero-order chi connectivity index (χ0) is 15.1. The van der Waals surface area contributed by atoms with E-state index in [0.29, 0.717) is 13.0 Å². The lowest BCUT2D eigenvalue weighted by atomic mass is 10.0. The monoisotopic (exact) mass is 279 g/mol. The molecule has 0 radical (unpaired) electrons. The number of carbonyl (C=O) groups is 1. The zero-order valence-corrected chi connectivity index (χ0v) is 13.1. The average Bonchev–Trinajstić information content (AvgIpc) is 2.45. The molecule has 0 bridgehead atoms. The number of allylic oxidation sites excluding steroid dienone is 2. The second-order valence-corrected chi connectivity index (χ2v) is 5.01. The first-order valence-corrected chi connectivity index (χ1v) is 7.97. The number of ether oxygens (including phenoxy) is 1. The lowest BCUT2D eigenvalue weighted by Crippen LogP contribution is -2.16. The van der Waals surface area contributed by atoms with Gasteiger partial charge in [-0.2, -0.15) is 5.26 Å². The molecule has 3 nitrogen and oxygen atoms in total. The van der Waals surface area contributed by atoms with Crippen LogP contribution >= 0.6 is 0 Å². The van der Waals surface area contributed by atoms with Crippen molar-refractivity contribution in [2.45, 2.75) is 71.6 Å². The average molecular weight is 279 g/mol. The standard InChI is InChI=1S/C17H29NO2/c1-3-5-6-7-8-9-10-11-12-13-14-16(15-18)17(19)20-4-2/h5-6,16H,3-4,7-14H2,1-2H3/b6-5-. The first kappa shape index (κ1) is 18.7. The minimum atomic E-state index is -0.575. The summed E-state index contributed by atoms with van der Waals surface area (Å²) in [5.41, 5.74) is 0. The van der Waals surface area contributed by atoms with Crippen LogP contribution in [0.5, 0.6) is 0 Å². The lowest BCUT2D eigenvalue weighted by molar-refractivity contribution is -0.146. The molecule has 0 aromatic heterocycles. The minimum Gasteiger partial charge on any atom is -0.465 e. The van der Waals surface area contributed by atoms with Gasteiger partial charge in [0.25, 0.3) is 0 Å². The van der Waals surface area contributed by atoms with Gasteiger partial charge in [0.2, 0.25) is 0 Å². The number of rotatable bonds is 12. The van der Waals surface area contributed by atoms with Crippen LogP contribution in [0, 0.1) is 17.2 Å². The van der Waals surface area contributed by atoms with E-state index >= 15 is 0 Å². The normalized spacial score (nSPS) is 12.2. The van der Waals surface area contributed by atoms with Crippen molar-refractivity contribution < 1.29 is 9.53 Å². The van der Waals surface area contributed by atoms with E-state index in [1.54, 1.807) is 6.92 Å². The molecule has 0 rings (SSSR count). The molecule has 3 heteroatoms. The highest BCUT2D eigenvalue weighted by molar-refractivity contribution is 5.75. The van der Waals surface area contributed by atoms with Crippen molar-refractivity contribution in [3.05, 3.63) is 12.2 Å². The van der Waals surface area contributed by atoms with Crippen LogP contribution < -0.4 is 0 Å². The fraction of sp³-hybridized carbons (Fsp3) is 0.765. The van der Waals surface area contributed by atoms with Crippen LogP contribution in [0.2, 0.25) is 0 Å². The molecule has 0 aliphatic carbocycles. The van der Waals surface area contributed by atoms with Gasteiger partial charge in [-0.25, -0.2) is 0 Å². The van der Waals surface area contributed by atoms with E-state index in [4.69, 9.17) is 10.00 Å². The summed E-state index contributed by atoms with van der Waals surface area (Å²) in [4.78, 5) is 11.4. The Hall–Kier alpha value is -1.30. The van der Waals surface area contributed by atoms with Gasteiger partial charge in [-0.15, -0.1) is 0 Å². The largest absolute Gasteiger partial charge is 0.465 e. The highest BCUT2D eigenvalue weighted by Crippen LogP contribution is 2.14. The predicted molar refractivity (Wildman–Crippen MR) is 82.1 cm³/mol. The van der Waals surface area contributed by atoms with E-state index < -0.39 is 5.92 Å². The van der Waals surface area contributed by atoms with Gasteiger partial charge in [0.15, 0.2) is 0 Å². The van der Waals surface area contributed by atoms with E-state index in [9.17, 15) is 4.79 Å². The SMILES string of the molecule is CC/C=C\CCCCCCCCC(C#N)C(=O)OCC. The van der Waals surface area contributed by atoms with Crippen LogP contribution in [0.25, 0.3) is 0 Å². The Kier molecular flexibility index (Phi) is 13.2. The lowest BCUT2D eigenvalue weighted by Gasteiger charge is -2.07. The Morgan fingerprint density at radius 3 is 2.35 bits per heavy atom. The molecule has 0 aliphatic rings. The molecule has 0 heterocycles. The fourth-order valence-corrected chi connectivity index (χ4v) is 2.08. The summed E-state index contributed by atoms with van der Waals surface area (Å²) >= 11 is 0. The molecule has 0 N–H and O–H groups in total. The molecule has 20 heavy (non-hydrogen) atoms. The Morgan fingerprint density at radius 1 is 1.10 bits per heavy atom. The molecule has 0 amide bonds. The van der Waals surface area contributed by atoms with Crippen molar-refractivity contribution in [1.82, 2.24) is 0 Å². The summed E-state index contributed by atoms with van der Waals surface area (Å²) in [5.74, 6) is -0.938. The zero-order valence-electron chi connectivity index (χ0n) is 13.1. The van der Waals surface area contributed by atoms with Gasteiger partial charge in [0.05, 0.1) is 12.7 Å². The molecule has 0 aromatic carbocycles. The van der Waals surface area contributed by atoms with Crippen molar-refractivity contribution >= 4 is 5.97 Å². The summed E-state index contributed by atoms with van der Waals surface area (Å²) in [7, 11) is 0. The second-order valence-electron chi connectivity index (χ2n) is 5.01. The maximum Gasteiger partial charge on any atom is 0.323 e. The summed E-state index contributed by atoms with van der Waals surface area (Å²) in [6.45, 7) is 4.27. The van der Waals surface area contributed by atoms with Crippen molar-refractivity contribution in [3.63, 3.8) is 0 Å². The molecule has 0 saturated carbocycles. The van der Waals surface area contributed by atoms with Gasteiger partial charge in [0, 0.05) is 0 Å². The fourth-order valence-electron chi connectivity index (χ4n) is 2.08. The minimum absolute atomic E-state index is 0.351. The maximum atomic E-state index is 11.4. The molecule has 0 aromatic rings. The number of unbranched alkanes of at least 4 members (excludes halogenated alkanes) is 6. The Bertz CT molecular complexity index is 305. The molecule has 1 unspecified atom stereocenters. The summed E-state index contributed by atoms with van der Waals surface area (Å²) in [5, 5.41) is 8.91. The highest BCUT2D eigenvalue weighted by Gasteiger charge is 2.17. The van der Waals surface area contributed by atoms with Gasteiger partial charge in [0.1, 0.15) is 5.92 Å². The van der Waals surface area contributed by atoms with Crippen LogP contribution in [-0.4, -0.2) is 12.6 Å². The number of esters is 1. The number of carbonyl (C=O) groups excluding carboxylic acids is 1. The van der Waals surface area contributed by atoms with Gasteiger partial charge < -0.3 is 4.74 Å². The number of nitrogens with zero attached hydrogens (tertiary/aromatic N) is 1. The molecule has 0 spiro atoms. The van der Waals surface area contributed by atoms with Crippen LogP contribution in [-0.2, 0) is 9.53 Å². The summed E-state index contributed by atoms with van der Waals surface area (Å²) in [6.07, 6.45) is 14.4. The number of hydrogen-bond acceptors (Lipinski definition) is 3. The third-order valence-corrected chi connectivity index (χ3v) is 3.24. The van der Waals surface area contributed by atoms with Gasteiger partial charge in [-0.3, -0.25) is 4.79 Å². The quantitative estimate of drug-likeness (QED) is 0.293. The van der Waals surface area contributed by atoms with Crippen molar-refractivity contribution in [2.24, 2.45) is 5.92 Å². The third kappa shape index (κ3) is 10.6. The molecule has 0 fully saturated rings. The smallest absolute Gasteiger partial charge is 0.323 e.